The van der Waals surface area contributed by atoms with Crippen LogP contribution in [0.25, 0.3) is 0 Å². The monoisotopic (exact) mass is 408 g/mol. The maximum atomic E-state index is 12.0. The number of amides is 1. The van der Waals surface area contributed by atoms with E-state index in [1.807, 2.05) is 33.8 Å². The quantitative estimate of drug-likeness (QED) is 0.500. The molecule has 3 N–H and O–H groups in total. The topological polar surface area (TPSA) is 65.5 Å². The Morgan fingerprint density at radius 3 is 2.56 bits per heavy atom. The van der Waals surface area contributed by atoms with Crippen molar-refractivity contribution in [3.63, 3.8) is 0 Å². The van der Waals surface area contributed by atoms with Gasteiger partial charge in [0.25, 0.3) is 0 Å². The van der Waals surface area contributed by atoms with Crippen LogP contribution in [0.4, 0.5) is 0 Å². The minimum atomic E-state index is -0.239. The highest BCUT2D eigenvalue weighted by molar-refractivity contribution is 9.10. The van der Waals surface area contributed by atoms with Gasteiger partial charge < -0.3 is 16.0 Å². The molecule has 0 bridgehead atoms. The predicted molar refractivity (Wildman–Crippen MR) is 107 cm³/mol. The lowest BCUT2D eigenvalue weighted by molar-refractivity contribution is -0.121. The van der Waals surface area contributed by atoms with E-state index in [-0.39, 0.29) is 23.4 Å². The molecule has 1 fully saturated rings. The minimum Gasteiger partial charge on any atom is -0.357 e. The molecule has 0 saturated heterocycles. The Bertz CT molecular complexity index is 633. The van der Waals surface area contributed by atoms with Crippen LogP contribution in [-0.4, -0.2) is 37.0 Å². The summed E-state index contributed by atoms with van der Waals surface area (Å²) in [7, 11) is 0. The molecule has 0 aromatic heterocycles. The van der Waals surface area contributed by atoms with Crippen molar-refractivity contribution < 1.29 is 4.79 Å². The molecule has 1 saturated carbocycles. The highest BCUT2D eigenvalue weighted by Crippen LogP contribution is 2.48. The van der Waals surface area contributed by atoms with Crippen molar-refractivity contribution in [2.24, 2.45) is 4.99 Å². The average molecular weight is 409 g/mol. The molecule has 25 heavy (non-hydrogen) atoms. The summed E-state index contributed by atoms with van der Waals surface area (Å²) in [5.41, 5.74) is 1.28. The van der Waals surface area contributed by atoms with Crippen LogP contribution >= 0.6 is 15.9 Å². The molecule has 0 atom stereocenters. The molecule has 0 aliphatic heterocycles. The SMILES string of the molecule is CCNC(=NCC(=O)NC(C)(C)C)NCC1(c2cccc(Br)c2)CC1. The van der Waals surface area contributed by atoms with Crippen molar-refractivity contribution in [1.29, 1.82) is 0 Å². The van der Waals surface area contributed by atoms with Crippen LogP contribution < -0.4 is 16.0 Å². The highest BCUT2D eigenvalue weighted by atomic mass is 79.9. The zero-order chi connectivity index (χ0) is 18.5. The van der Waals surface area contributed by atoms with Crippen LogP contribution in [-0.2, 0) is 10.2 Å². The number of nitrogens with zero attached hydrogens (tertiary/aromatic N) is 1. The van der Waals surface area contributed by atoms with Crippen molar-refractivity contribution in [2.75, 3.05) is 19.6 Å². The molecule has 0 unspecified atom stereocenters. The fourth-order valence-electron chi connectivity index (χ4n) is 2.74. The molecule has 138 valence electrons. The van der Waals surface area contributed by atoms with Gasteiger partial charge in [-0.1, -0.05) is 28.1 Å². The predicted octanol–water partition coefficient (Wildman–Crippen LogP) is 2.95. The van der Waals surface area contributed by atoms with Gasteiger partial charge in [-0.05, 0) is 58.2 Å². The number of rotatable bonds is 6. The summed E-state index contributed by atoms with van der Waals surface area (Å²) < 4.78 is 1.11. The average Bonchev–Trinajstić information content (AvgIpc) is 3.29. The van der Waals surface area contributed by atoms with Gasteiger partial charge in [0.2, 0.25) is 5.91 Å². The van der Waals surface area contributed by atoms with Gasteiger partial charge >= 0.3 is 0 Å². The fourth-order valence-corrected chi connectivity index (χ4v) is 3.14. The van der Waals surface area contributed by atoms with Crippen LogP contribution in [0.2, 0.25) is 0 Å². The van der Waals surface area contributed by atoms with E-state index in [0.29, 0.717) is 5.96 Å². The summed E-state index contributed by atoms with van der Waals surface area (Å²) in [6, 6.07) is 8.50. The van der Waals surface area contributed by atoms with Crippen molar-refractivity contribution in [1.82, 2.24) is 16.0 Å². The number of hydrogen-bond acceptors (Lipinski definition) is 2. The van der Waals surface area contributed by atoms with E-state index < -0.39 is 0 Å². The van der Waals surface area contributed by atoms with Gasteiger partial charge in [-0.15, -0.1) is 0 Å². The highest BCUT2D eigenvalue weighted by Gasteiger charge is 2.44. The Kier molecular flexibility index (Phi) is 6.49. The number of benzene rings is 1. The third kappa shape index (κ3) is 6.34. The molecule has 1 aliphatic rings. The van der Waals surface area contributed by atoms with Gasteiger partial charge in [-0.2, -0.15) is 0 Å². The summed E-state index contributed by atoms with van der Waals surface area (Å²) >= 11 is 3.55. The molecule has 5 nitrogen and oxygen atoms in total. The molecule has 0 heterocycles. The van der Waals surface area contributed by atoms with Crippen molar-refractivity contribution >= 4 is 27.8 Å². The number of nitrogens with one attached hydrogen (secondary N) is 3. The maximum absolute atomic E-state index is 12.0. The number of carbonyl (C=O) groups is 1. The zero-order valence-corrected chi connectivity index (χ0v) is 17.2. The lowest BCUT2D eigenvalue weighted by Crippen LogP contribution is -2.44. The Labute approximate surface area is 159 Å². The number of carbonyl (C=O) groups excluding carboxylic acids is 1. The molecule has 2 rings (SSSR count). The second-order valence-corrected chi connectivity index (χ2v) is 8.55. The summed E-state index contributed by atoms with van der Waals surface area (Å²) in [6.07, 6.45) is 2.33. The lowest BCUT2D eigenvalue weighted by atomic mass is 9.96. The Balaban J connectivity index is 1.95. The molecule has 1 amide bonds. The smallest absolute Gasteiger partial charge is 0.242 e. The third-order valence-electron chi connectivity index (χ3n) is 4.12. The molecular formula is C19H29BrN4O. The van der Waals surface area contributed by atoms with Crippen molar-refractivity contribution in [3.8, 4) is 0 Å². The van der Waals surface area contributed by atoms with Crippen LogP contribution in [0.3, 0.4) is 0 Å². The lowest BCUT2D eigenvalue weighted by Gasteiger charge is -2.21. The van der Waals surface area contributed by atoms with Crippen LogP contribution in [0.5, 0.6) is 0 Å². The Morgan fingerprint density at radius 1 is 1.28 bits per heavy atom. The van der Waals surface area contributed by atoms with Gasteiger partial charge in [0.15, 0.2) is 5.96 Å². The molecular weight excluding hydrogens is 380 g/mol. The Morgan fingerprint density at radius 2 is 2.00 bits per heavy atom. The van der Waals surface area contributed by atoms with Gasteiger partial charge in [-0.25, -0.2) is 4.99 Å². The van der Waals surface area contributed by atoms with Gasteiger partial charge in [0.1, 0.15) is 6.54 Å². The van der Waals surface area contributed by atoms with Crippen molar-refractivity contribution in [2.45, 2.75) is 51.5 Å². The zero-order valence-electron chi connectivity index (χ0n) is 15.6. The van der Waals surface area contributed by atoms with Gasteiger partial charge in [0, 0.05) is 28.5 Å². The fraction of sp³-hybridized carbons (Fsp3) is 0.579. The van der Waals surface area contributed by atoms with Crippen LogP contribution in [0.15, 0.2) is 33.7 Å². The maximum Gasteiger partial charge on any atom is 0.242 e. The van der Waals surface area contributed by atoms with Crippen LogP contribution in [0.1, 0.15) is 46.1 Å². The second-order valence-electron chi connectivity index (χ2n) is 7.64. The first kappa shape index (κ1) is 19.8. The van der Waals surface area contributed by atoms with E-state index in [1.54, 1.807) is 0 Å². The van der Waals surface area contributed by atoms with E-state index >= 15 is 0 Å². The molecule has 0 spiro atoms. The van der Waals surface area contributed by atoms with E-state index in [4.69, 9.17) is 0 Å². The Hall–Kier alpha value is -1.56. The van der Waals surface area contributed by atoms with E-state index in [2.05, 4.69) is 55.1 Å². The normalized spacial score (nSPS) is 16.3. The first-order chi connectivity index (χ1) is 11.7. The summed E-state index contributed by atoms with van der Waals surface area (Å²) in [5, 5.41) is 9.54. The van der Waals surface area contributed by atoms with E-state index in [1.165, 1.54) is 18.4 Å². The minimum absolute atomic E-state index is 0.0715. The number of halogens is 1. The standard InChI is InChI=1S/C19H29BrN4O/c1-5-21-17(22-12-16(25)24-18(2,3)4)23-13-19(9-10-19)14-7-6-8-15(20)11-14/h6-8,11H,5,9-10,12-13H2,1-4H3,(H,24,25)(H2,21,22,23). The first-order valence-corrected chi connectivity index (χ1v) is 9.63. The van der Waals surface area contributed by atoms with Gasteiger partial charge in [0.05, 0.1) is 0 Å². The summed E-state index contributed by atoms with van der Waals surface area (Å²) in [6.45, 7) is 9.61. The molecule has 1 aromatic carbocycles. The molecule has 6 heteroatoms. The number of hydrogen-bond donors (Lipinski definition) is 3. The van der Waals surface area contributed by atoms with E-state index in [0.717, 1.165) is 17.6 Å². The third-order valence-corrected chi connectivity index (χ3v) is 4.62. The first-order valence-electron chi connectivity index (χ1n) is 8.83. The summed E-state index contributed by atoms with van der Waals surface area (Å²) in [4.78, 5) is 16.4. The summed E-state index contributed by atoms with van der Waals surface area (Å²) in [5.74, 6) is 0.616. The van der Waals surface area contributed by atoms with Crippen molar-refractivity contribution in [3.05, 3.63) is 34.3 Å². The van der Waals surface area contributed by atoms with Crippen LogP contribution in [0, 0.1) is 0 Å². The largest absolute Gasteiger partial charge is 0.357 e. The van der Waals surface area contributed by atoms with Gasteiger partial charge in [-0.3, -0.25) is 4.79 Å². The second kappa shape index (κ2) is 8.21. The number of aliphatic imine (C=N–C) groups is 1. The van der Waals surface area contributed by atoms with E-state index in [9.17, 15) is 4.79 Å². The number of guanidine groups is 1. The molecule has 1 aromatic rings. The molecule has 1 aliphatic carbocycles. The molecule has 0 radical (unpaired) electrons.